The third-order valence-electron chi connectivity index (χ3n) is 2.77. The molecule has 1 nitrogen and oxygen atoms in total. The summed E-state index contributed by atoms with van der Waals surface area (Å²) < 4.78 is 0. The zero-order valence-electron chi connectivity index (χ0n) is 8.30. The number of fused-ring (bicyclic) bond motifs is 1. The van der Waals surface area contributed by atoms with Crippen molar-refractivity contribution in [2.75, 3.05) is 0 Å². The quantitative estimate of drug-likeness (QED) is 0.608. The summed E-state index contributed by atoms with van der Waals surface area (Å²) in [7, 11) is 0. The van der Waals surface area contributed by atoms with Crippen molar-refractivity contribution in [1.29, 1.82) is 0 Å². The van der Waals surface area contributed by atoms with Gasteiger partial charge in [-0.1, -0.05) is 0 Å². The second kappa shape index (κ2) is 3.35. The van der Waals surface area contributed by atoms with Crippen LogP contribution in [0.2, 0.25) is 0 Å². The number of nitrogens with zero attached hydrogens (tertiary/aromatic N) is 1. The Morgan fingerprint density at radius 2 is 2.07 bits per heavy atom. The molecule has 0 N–H and O–H groups in total. The Balaban J connectivity index is 2.09. The van der Waals surface area contributed by atoms with Gasteiger partial charge in [-0.15, -0.1) is 0 Å². The molecule has 1 heteroatoms. The van der Waals surface area contributed by atoms with Gasteiger partial charge >= 0.3 is 0 Å². The zero-order chi connectivity index (χ0) is 10.1. The number of allylic oxidation sites excluding steroid dienone is 3. The van der Waals surface area contributed by atoms with Gasteiger partial charge in [0.1, 0.15) is 24.4 Å². The highest BCUT2D eigenvalue weighted by molar-refractivity contribution is 5.75. The molecule has 3 rings (SSSR count). The zero-order valence-corrected chi connectivity index (χ0v) is 8.30. The van der Waals surface area contributed by atoms with Crippen molar-refractivity contribution in [1.82, 2.24) is 0 Å². The van der Waals surface area contributed by atoms with Crippen LogP contribution in [-0.4, -0.2) is 6.21 Å². The van der Waals surface area contributed by atoms with Crippen LogP contribution < -0.4 is 0 Å². The van der Waals surface area contributed by atoms with Gasteiger partial charge in [-0.3, -0.25) is 4.99 Å². The Kier molecular flexibility index (Phi) is 1.88. The molecule has 0 radical (unpaired) electrons. The standard InChI is InChI=1S/C14H11N/c1-2-7-12-11(5-1)6-3-8-13(12)14-9-4-10-15-14/h1-10,14H/q+2. The third-order valence-corrected chi connectivity index (χ3v) is 2.77. The minimum Gasteiger partial charge on any atom is -0.269 e. The topological polar surface area (TPSA) is 12.4 Å². The average molecular weight is 193 g/mol. The van der Waals surface area contributed by atoms with Crippen LogP contribution in [0, 0.1) is 12.8 Å². The van der Waals surface area contributed by atoms with E-state index in [0.29, 0.717) is 0 Å². The molecule has 1 aromatic carbocycles. The lowest BCUT2D eigenvalue weighted by Crippen LogP contribution is -2.01. The van der Waals surface area contributed by atoms with Gasteiger partial charge in [0.2, 0.25) is 0 Å². The molecule has 1 aliphatic carbocycles. The van der Waals surface area contributed by atoms with E-state index in [0.717, 1.165) is 0 Å². The van der Waals surface area contributed by atoms with E-state index in [9.17, 15) is 0 Å². The predicted octanol–water partition coefficient (Wildman–Crippen LogP) is 3.04. The number of aliphatic imine (C=N–C) groups is 1. The Labute approximate surface area is 89.9 Å². The number of benzene rings is 1. The summed E-state index contributed by atoms with van der Waals surface area (Å²) in [5, 5.41) is 0. The lowest BCUT2D eigenvalue weighted by Gasteiger charge is -2.04. The molecule has 0 saturated heterocycles. The van der Waals surface area contributed by atoms with E-state index in [4.69, 9.17) is 0 Å². The van der Waals surface area contributed by atoms with Gasteiger partial charge in [-0.25, -0.2) is 0 Å². The van der Waals surface area contributed by atoms with E-state index in [-0.39, 0.29) is 6.04 Å². The minimum absolute atomic E-state index is 0.205. The summed E-state index contributed by atoms with van der Waals surface area (Å²) in [6, 6.07) is 6.59. The molecule has 0 spiro atoms. The second-order valence-corrected chi connectivity index (χ2v) is 3.70. The van der Waals surface area contributed by atoms with Crippen LogP contribution in [0.4, 0.5) is 0 Å². The van der Waals surface area contributed by atoms with E-state index < -0.39 is 0 Å². The molecule has 1 aromatic rings. The fourth-order valence-corrected chi connectivity index (χ4v) is 2.04. The largest absolute Gasteiger partial charge is 0.269 e. The smallest absolute Gasteiger partial charge is 0.196 e. The van der Waals surface area contributed by atoms with Crippen molar-refractivity contribution in [2.45, 2.75) is 6.04 Å². The highest BCUT2D eigenvalue weighted by atomic mass is 14.8. The van der Waals surface area contributed by atoms with Gasteiger partial charge in [0.25, 0.3) is 0 Å². The van der Waals surface area contributed by atoms with Crippen molar-refractivity contribution in [3.05, 3.63) is 72.0 Å². The van der Waals surface area contributed by atoms with Gasteiger partial charge in [0.05, 0.1) is 18.2 Å². The minimum atomic E-state index is 0.205. The van der Waals surface area contributed by atoms with Gasteiger partial charge in [-0.2, -0.15) is 0 Å². The predicted molar refractivity (Wildman–Crippen MR) is 62.8 cm³/mol. The maximum atomic E-state index is 4.42. The fourth-order valence-electron chi connectivity index (χ4n) is 2.04. The molecule has 0 aromatic heterocycles. The molecule has 1 heterocycles. The van der Waals surface area contributed by atoms with Gasteiger partial charge in [-0.05, 0) is 12.2 Å². The summed E-state index contributed by atoms with van der Waals surface area (Å²) in [6.07, 6.45) is 14.4. The molecule has 2 aliphatic rings. The third kappa shape index (κ3) is 1.37. The van der Waals surface area contributed by atoms with Crippen molar-refractivity contribution in [2.24, 2.45) is 4.99 Å². The van der Waals surface area contributed by atoms with E-state index in [1.165, 1.54) is 16.7 Å². The van der Waals surface area contributed by atoms with Gasteiger partial charge in [0, 0.05) is 18.3 Å². The monoisotopic (exact) mass is 193 g/mol. The number of hydrogen-bond donors (Lipinski definition) is 0. The van der Waals surface area contributed by atoms with Crippen LogP contribution in [0.5, 0.6) is 0 Å². The van der Waals surface area contributed by atoms with Crippen molar-refractivity contribution < 1.29 is 0 Å². The second-order valence-electron chi connectivity index (χ2n) is 3.70. The molecule has 1 atom stereocenters. The molecule has 15 heavy (non-hydrogen) atoms. The van der Waals surface area contributed by atoms with Gasteiger partial charge in [0.15, 0.2) is 11.1 Å². The summed E-state index contributed by atoms with van der Waals surface area (Å²) in [5.41, 5.74) is 3.87. The van der Waals surface area contributed by atoms with E-state index in [1.807, 2.05) is 12.3 Å². The molecule has 0 saturated carbocycles. The average Bonchev–Trinajstić information content (AvgIpc) is 2.82. The summed E-state index contributed by atoms with van der Waals surface area (Å²) in [4.78, 5) is 4.42. The van der Waals surface area contributed by atoms with Crippen LogP contribution >= 0.6 is 0 Å². The number of rotatable bonds is 1. The molecular weight excluding hydrogens is 182 g/mol. The molecule has 1 unspecified atom stereocenters. The van der Waals surface area contributed by atoms with Crippen LogP contribution in [-0.2, 0) is 0 Å². The molecular formula is C14H11N+2. The van der Waals surface area contributed by atoms with Crippen LogP contribution in [0.25, 0.3) is 0 Å². The van der Waals surface area contributed by atoms with E-state index in [1.54, 1.807) is 0 Å². The van der Waals surface area contributed by atoms with E-state index in [2.05, 4.69) is 54.3 Å². The van der Waals surface area contributed by atoms with Crippen molar-refractivity contribution in [3.63, 3.8) is 0 Å². The Morgan fingerprint density at radius 1 is 1.13 bits per heavy atom. The summed E-state index contributed by atoms with van der Waals surface area (Å²) in [5.74, 6) is 0. The van der Waals surface area contributed by atoms with Crippen LogP contribution in [0.1, 0.15) is 22.7 Å². The van der Waals surface area contributed by atoms with Crippen LogP contribution in [0.3, 0.4) is 0 Å². The Morgan fingerprint density at radius 3 is 2.93 bits per heavy atom. The number of hydrogen-bond acceptors (Lipinski definition) is 1. The molecule has 70 valence electrons. The van der Waals surface area contributed by atoms with Crippen molar-refractivity contribution >= 4 is 6.21 Å². The first-order chi connectivity index (χ1) is 7.45. The molecule has 0 fully saturated rings. The lowest BCUT2D eigenvalue weighted by molar-refractivity contribution is 0.923. The van der Waals surface area contributed by atoms with Crippen LogP contribution in [0.15, 0.2) is 47.5 Å². The first-order valence-electron chi connectivity index (χ1n) is 5.13. The first kappa shape index (κ1) is 8.42. The first-order valence-corrected chi connectivity index (χ1v) is 5.13. The SMILES string of the molecule is C1=CC(c2cccc3c2[CH+]C=C[CH+]3)N=C1. The molecule has 1 aliphatic heterocycles. The summed E-state index contributed by atoms with van der Waals surface area (Å²) >= 11 is 0. The van der Waals surface area contributed by atoms with Gasteiger partial charge < -0.3 is 0 Å². The summed E-state index contributed by atoms with van der Waals surface area (Å²) in [6.45, 7) is 0. The maximum Gasteiger partial charge on any atom is 0.196 e. The Bertz CT molecular complexity index is 454. The maximum absolute atomic E-state index is 4.42. The fraction of sp³-hybridized carbons (Fsp3) is 0.0714. The Hall–Kier alpha value is -1.89. The highest BCUT2D eigenvalue weighted by Crippen LogP contribution is 2.31. The highest BCUT2D eigenvalue weighted by Gasteiger charge is 2.28. The lowest BCUT2D eigenvalue weighted by atomic mass is 9.89. The van der Waals surface area contributed by atoms with Crippen molar-refractivity contribution in [3.8, 4) is 0 Å². The van der Waals surface area contributed by atoms with E-state index >= 15 is 0 Å². The normalized spacial score (nSPS) is 20.9. The molecule has 0 amide bonds. The molecule has 0 bridgehead atoms.